The molecular formula is C20H28FN3O2. The molecule has 3 unspecified atom stereocenters. The number of benzene rings is 1. The highest BCUT2D eigenvalue weighted by atomic mass is 19.1. The molecule has 0 bridgehead atoms. The summed E-state index contributed by atoms with van der Waals surface area (Å²) in [6.45, 7) is 2.89. The van der Waals surface area contributed by atoms with E-state index in [0.717, 1.165) is 25.2 Å². The summed E-state index contributed by atoms with van der Waals surface area (Å²) in [4.78, 5) is 17.1. The van der Waals surface area contributed by atoms with Crippen molar-refractivity contribution in [1.82, 2.24) is 10.2 Å². The molecular weight excluding hydrogens is 333 g/mol. The van der Waals surface area contributed by atoms with E-state index in [1.54, 1.807) is 13.2 Å². The third kappa shape index (κ3) is 3.39. The Kier molecular flexibility index (Phi) is 5.02. The van der Waals surface area contributed by atoms with Gasteiger partial charge in [0, 0.05) is 38.3 Å². The van der Waals surface area contributed by atoms with Gasteiger partial charge in [0.15, 0.2) is 0 Å². The van der Waals surface area contributed by atoms with E-state index in [2.05, 4.69) is 10.2 Å². The van der Waals surface area contributed by atoms with E-state index >= 15 is 0 Å². The van der Waals surface area contributed by atoms with Gasteiger partial charge in [0.1, 0.15) is 11.6 Å². The molecule has 5 nitrogen and oxygen atoms in total. The van der Waals surface area contributed by atoms with Crippen molar-refractivity contribution >= 4 is 11.6 Å². The topological polar surface area (TPSA) is 44.8 Å². The van der Waals surface area contributed by atoms with E-state index in [0.29, 0.717) is 30.8 Å². The van der Waals surface area contributed by atoms with Gasteiger partial charge in [-0.05, 0) is 37.3 Å². The number of piperazine rings is 1. The zero-order chi connectivity index (χ0) is 18.1. The smallest absolute Gasteiger partial charge is 0.239 e. The van der Waals surface area contributed by atoms with Crippen molar-refractivity contribution in [3.63, 3.8) is 0 Å². The van der Waals surface area contributed by atoms with Gasteiger partial charge in [-0.1, -0.05) is 12.8 Å². The van der Waals surface area contributed by atoms with Crippen molar-refractivity contribution in [2.45, 2.75) is 44.2 Å². The van der Waals surface area contributed by atoms with E-state index in [9.17, 15) is 9.18 Å². The van der Waals surface area contributed by atoms with Crippen LogP contribution in [0, 0.1) is 11.7 Å². The molecule has 1 amide bonds. The largest absolute Gasteiger partial charge is 0.494 e. The number of methoxy groups -OCH3 is 1. The number of amides is 1. The number of ether oxygens (including phenoxy) is 1. The van der Waals surface area contributed by atoms with Gasteiger partial charge in [-0.2, -0.15) is 0 Å². The fourth-order valence-corrected chi connectivity index (χ4v) is 4.81. The van der Waals surface area contributed by atoms with Gasteiger partial charge in [0.05, 0.1) is 18.8 Å². The second kappa shape index (κ2) is 7.43. The molecule has 0 spiro atoms. The van der Waals surface area contributed by atoms with Crippen LogP contribution in [0.2, 0.25) is 0 Å². The number of carbonyl (C=O) groups is 1. The zero-order valence-corrected chi connectivity index (χ0v) is 15.4. The van der Waals surface area contributed by atoms with Crippen LogP contribution >= 0.6 is 0 Å². The standard InChI is InChI=1S/C20H28FN3O2/c1-26-19-13-15(21)6-7-18(19)23-8-10-24(11-9-23)20(25)17-12-14-4-2-3-5-16(14)22-17/h6-7,13-14,16-17,22H,2-5,8-12H2,1H3. The average Bonchev–Trinajstić information content (AvgIpc) is 3.11. The second-order valence-corrected chi connectivity index (χ2v) is 7.73. The van der Waals surface area contributed by atoms with Crippen LogP contribution in [0.15, 0.2) is 18.2 Å². The minimum absolute atomic E-state index is 0.00462. The first kappa shape index (κ1) is 17.6. The van der Waals surface area contributed by atoms with Gasteiger partial charge >= 0.3 is 0 Å². The van der Waals surface area contributed by atoms with E-state index in [1.165, 1.54) is 37.8 Å². The van der Waals surface area contributed by atoms with Crippen molar-refractivity contribution in [3.05, 3.63) is 24.0 Å². The molecule has 1 aromatic carbocycles. The van der Waals surface area contributed by atoms with Gasteiger partial charge < -0.3 is 19.9 Å². The third-order valence-corrected chi connectivity index (χ3v) is 6.23. The first-order chi connectivity index (χ1) is 12.7. The highest BCUT2D eigenvalue weighted by molar-refractivity contribution is 5.82. The number of halogens is 1. The van der Waals surface area contributed by atoms with Gasteiger partial charge in [-0.25, -0.2) is 4.39 Å². The highest BCUT2D eigenvalue weighted by Crippen LogP contribution is 2.34. The van der Waals surface area contributed by atoms with Crippen LogP contribution in [0.3, 0.4) is 0 Å². The minimum Gasteiger partial charge on any atom is -0.494 e. The molecule has 1 aromatic rings. The number of fused-ring (bicyclic) bond motifs is 1. The van der Waals surface area contributed by atoms with Gasteiger partial charge in [0.25, 0.3) is 0 Å². The van der Waals surface area contributed by atoms with Crippen molar-refractivity contribution in [2.75, 3.05) is 38.2 Å². The summed E-state index contributed by atoms with van der Waals surface area (Å²) in [7, 11) is 1.56. The molecule has 2 aliphatic heterocycles. The summed E-state index contributed by atoms with van der Waals surface area (Å²) in [6.07, 6.45) is 6.07. The summed E-state index contributed by atoms with van der Waals surface area (Å²) in [5.74, 6) is 1.19. The lowest BCUT2D eigenvalue weighted by atomic mass is 9.85. The van der Waals surface area contributed by atoms with Crippen molar-refractivity contribution in [1.29, 1.82) is 0 Å². The van der Waals surface area contributed by atoms with Gasteiger partial charge in [-0.15, -0.1) is 0 Å². The number of nitrogens with zero attached hydrogens (tertiary/aromatic N) is 2. The SMILES string of the molecule is COc1cc(F)ccc1N1CCN(C(=O)C2CC3CCCCC3N2)CC1. The number of rotatable bonds is 3. The molecule has 0 aromatic heterocycles. The molecule has 3 atom stereocenters. The Balaban J connectivity index is 1.36. The maximum atomic E-state index is 13.4. The van der Waals surface area contributed by atoms with E-state index in [-0.39, 0.29) is 17.8 Å². The Bertz CT molecular complexity index is 646. The monoisotopic (exact) mass is 361 g/mol. The Morgan fingerprint density at radius 2 is 1.96 bits per heavy atom. The Labute approximate surface area is 154 Å². The molecule has 0 radical (unpaired) electrons. The average molecular weight is 361 g/mol. The zero-order valence-electron chi connectivity index (χ0n) is 15.4. The number of anilines is 1. The van der Waals surface area contributed by atoms with Crippen LogP contribution in [0.25, 0.3) is 0 Å². The van der Waals surface area contributed by atoms with E-state index in [4.69, 9.17) is 4.74 Å². The summed E-state index contributed by atoms with van der Waals surface area (Å²) >= 11 is 0. The number of carbonyl (C=O) groups excluding carboxylic acids is 1. The molecule has 142 valence electrons. The Morgan fingerprint density at radius 1 is 1.19 bits per heavy atom. The maximum absolute atomic E-state index is 13.4. The van der Waals surface area contributed by atoms with Crippen molar-refractivity contribution in [3.8, 4) is 5.75 Å². The third-order valence-electron chi connectivity index (χ3n) is 6.23. The van der Waals surface area contributed by atoms with Crippen LogP contribution in [-0.2, 0) is 4.79 Å². The number of hydrogen-bond donors (Lipinski definition) is 1. The first-order valence-electron chi connectivity index (χ1n) is 9.79. The molecule has 3 fully saturated rings. The van der Waals surface area contributed by atoms with E-state index < -0.39 is 0 Å². The van der Waals surface area contributed by atoms with Crippen molar-refractivity contribution < 1.29 is 13.9 Å². The van der Waals surface area contributed by atoms with Crippen LogP contribution in [-0.4, -0.2) is 56.2 Å². The van der Waals surface area contributed by atoms with Crippen LogP contribution in [0.1, 0.15) is 32.1 Å². The highest BCUT2D eigenvalue weighted by Gasteiger charge is 2.40. The summed E-state index contributed by atoms with van der Waals surface area (Å²) in [6, 6.07) is 5.17. The lowest BCUT2D eigenvalue weighted by Gasteiger charge is -2.37. The Morgan fingerprint density at radius 3 is 2.69 bits per heavy atom. The fraction of sp³-hybridized carbons (Fsp3) is 0.650. The van der Waals surface area contributed by atoms with E-state index in [1.807, 2.05) is 4.90 Å². The molecule has 4 rings (SSSR count). The Hall–Kier alpha value is -1.82. The molecule has 26 heavy (non-hydrogen) atoms. The van der Waals surface area contributed by atoms with Crippen LogP contribution < -0.4 is 15.0 Å². The fourth-order valence-electron chi connectivity index (χ4n) is 4.81. The molecule has 2 heterocycles. The molecule has 1 N–H and O–H groups in total. The van der Waals surface area contributed by atoms with Gasteiger partial charge in [-0.3, -0.25) is 4.79 Å². The van der Waals surface area contributed by atoms with Crippen LogP contribution in [0.5, 0.6) is 5.75 Å². The molecule has 6 heteroatoms. The lowest BCUT2D eigenvalue weighted by molar-refractivity contribution is -0.133. The number of hydrogen-bond acceptors (Lipinski definition) is 4. The van der Waals surface area contributed by atoms with Crippen molar-refractivity contribution in [2.24, 2.45) is 5.92 Å². The molecule has 1 saturated carbocycles. The van der Waals surface area contributed by atoms with Crippen LogP contribution in [0.4, 0.5) is 10.1 Å². The second-order valence-electron chi connectivity index (χ2n) is 7.73. The van der Waals surface area contributed by atoms with Gasteiger partial charge in [0.2, 0.25) is 5.91 Å². The summed E-state index contributed by atoms with van der Waals surface area (Å²) in [5.41, 5.74) is 0.894. The first-order valence-corrected chi connectivity index (χ1v) is 9.79. The maximum Gasteiger partial charge on any atom is 0.239 e. The molecule has 3 aliphatic rings. The summed E-state index contributed by atoms with van der Waals surface area (Å²) < 4.78 is 18.7. The predicted octanol–water partition coefficient (Wildman–Crippen LogP) is 2.40. The quantitative estimate of drug-likeness (QED) is 0.898. The number of nitrogens with one attached hydrogen (secondary N) is 1. The molecule has 2 saturated heterocycles. The lowest BCUT2D eigenvalue weighted by Crippen LogP contribution is -2.53. The normalized spacial score (nSPS) is 28.8. The minimum atomic E-state index is -0.298. The summed E-state index contributed by atoms with van der Waals surface area (Å²) in [5, 5.41) is 3.59. The molecule has 1 aliphatic carbocycles. The predicted molar refractivity (Wildman–Crippen MR) is 99.0 cm³/mol.